The Balaban J connectivity index is 1.73. The zero-order valence-electron chi connectivity index (χ0n) is 17.5. The van der Waals surface area contributed by atoms with Gasteiger partial charge < -0.3 is 14.5 Å². The molecular formula is C22H28N4O3. The quantitative estimate of drug-likeness (QED) is 0.796. The molecule has 154 valence electrons. The predicted molar refractivity (Wildman–Crippen MR) is 112 cm³/mol. The van der Waals surface area contributed by atoms with Gasteiger partial charge in [0.25, 0.3) is 0 Å². The molecule has 1 aromatic carbocycles. The first kappa shape index (κ1) is 19.6. The van der Waals surface area contributed by atoms with Crippen LogP contribution in [0.5, 0.6) is 0 Å². The standard InChI is InChI=1S/C22H28N4O3/c1-14(2)7-22(28)24-10-15(3)26(16(4)27)20-6-5-17(8-21(20)24)18-9-23-25(11-18)19-12-29-13-19/h5-6,8-9,11,14-15,19H,7,10,12-13H2,1-4H3. The highest BCUT2D eigenvalue weighted by molar-refractivity contribution is 6.04. The van der Waals surface area contributed by atoms with E-state index in [1.54, 1.807) is 11.8 Å². The third kappa shape index (κ3) is 3.67. The van der Waals surface area contributed by atoms with Gasteiger partial charge in [0.2, 0.25) is 11.8 Å². The Labute approximate surface area is 171 Å². The summed E-state index contributed by atoms with van der Waals surface area (Å²) in [4.78, 5) is 28.9. The van der Waals surface area contributed by atoms with Gasteiger partial charge in [0, 0.05) is 31.6 Å². The second kappa shape index (κ2) is 7.63. The Morgan fingerprint density at radius 2 is 1.97 bits per heavy atom. The minimum atomic E-state index is -0.0664. The zero-order valence-corrected chi connectivity index (χ0v) is 17.5. The lowest BCUT2D eigenvalue weighted by Crippen LogP contribution is -2.51. The number of hydrogen-bond donors (Lipinski definition) is 0. The van der Waals surface area contributed by atoms with E-state index in [0.29, 0.717) is 32.2 Å². The van der Waals surface area contributed by atoms with Crippen LogP contribution in [0.3, 0.4) is 0 Å². The van der Waals surface area contributed by atoms with Crippen LogP contribution in [0, 0.1) is 5.92 Å². The highest BCUT2D eigenvalue weighted by atomic mass is 16.5. The second-order valence-electron chi connectivity index (χ2n) is 8.44. The minimum absolute atomic E-state index is 0.0136. The Morgan fingerprint density at radius 1 is 1.21 bits per heavy atom. The molecule has 0 bridgehead atoms. The molecule has 2 aliphatic heterocycles. The second-order valence-corrected chi connectivity index (χ2v) is 8.44. The van der Waals surface area contributed by atoms with E-state index in [-0.39, 0.29) is 23.8 Å². The van der Waals surface area contributed by atoms with Crippen LogP contribution < -0.4 is 9.80 Å². The molecule has 0 aliphatic carbocycles. The first-order chi connectivity index (χ1) is 13.8. The van der Waals surface area contributed by atoms with Gasteiger partial charge in [-0.05, 0) is 30.5 Å². The van der Waals surface area contributed by atoms with Gasteiger partial charge in [-0.25, -0.2) is 0 Å². The summed E-state index contributed by atoms with van der Waals surface area (Å²) in [6, 6.07) is 6.18. The van der Waals surface area contributed by atoms with Crippen LogP contribution in [0.1, 0.15) is 40.2 Å². The molecule has 3 heterocycles. The number of anilines is 2. The van der Waals surface area contributed by atoms with Gasteiger partial charge in [-0.2, -0.15) is 5.10 Å². The van der Waals surface area contributed by atoms with Crippen molar-refractivity contribution in [2.45, 2.75) is 46.2 Å². The van der Waals surface area contributed by atoms with E-state index >= 15 is 0 Å². The lowest BCUT2D eigenvalue weighted by molar-refractivity contribution is -0.120. The monoisotopic (exact) mass is 396 g/mol. The van der Waals surface area contributed by atoms with Crippen LogP contribution in [0.2, 0.25) is 0 Å². The Bertz CT molecular complexity index is 932. The summed E-state index contributed by atoms with van der Waals surface area (Å²) >= 11 is 0. The molecule has 2 aromatic rings. The normalized spacial score (nSPS) is 19.3. The summed E-state index contributed by atoms with van der Waals surface area (Å²) in [6.07, 6.45) is 4.34. The van der Waals surface area contributed by atoms with Gasteiger partial charge >= 0.3 is 0 Å². The van der Waals surface area contributed by atoms with Gasteiger partial charge in [0.1, 0.15) is 0 Å². The van der Waals surface area contributed by atoms with E-state index in [4.69, 9.17) is 4.74 Å². The predicted octanol–water partition coefficient (Wildman–Crippen LogP) is 3.26. The summed E-state index contributed by atoms with van der Waals surface area (Å²) in [5.74, 6) is 0.356. The topological polar surface area (TPSA) is 67.7 Å². The lowest BCUT2D eigenvalue weighted by Gasteiger charge is -2.41. The molecule has 29 heavy (non-hydrogen) atoms. The van der Waals surface area contributed by atoms with Gasteiger partial charge in [-0.3, -0.25) is 14.3 Å². The molecule has 7 nitrogen and oxygen atoms in total. The van der Waals surface area contributed by atoms with Crippen LogP contribution in [0.15, 0.2) is 30.6 Å². The summed E-state index contributed by atoms with van der Waals surface area (Å²) < 4.78 is 7.19. The largest absolute Gasteiger partial charge is 0.377 e. The van der Waals surface area contributed by atoms with E-state index in [2.05, 4.69) is 5.10 Å². The van der Waals surface area contributed by atoms with Gasteiger partial charge in [0.05, 0.1) is 42.9 Å². The van der Waals surface area contributed by atoms with Crippen molar-refractivity contribution in [3.05, 3.63) is 30.6 Å². The molecule has 0 N–H and O–H groups in total. The van der Waals surface area contributed by atoms with Gasteiger partial charge in [-0.15, -0.1) is 0 Å². The minimum Gasteiger partial charge on any atom is -0.377 e. The SMILES string of the molecule is CC(=O)N1c2ccc(-c3cnn(C4COC4)c3)cc2N(C(=O)CC(C)C)CC1C. The number of hydrogen-bond acceptors (Lipinski definition) is 4. The van der Waals surface area contributed by atoms with Crippen molar-refractivity contribution in [1.29, 1.82) is 0 Å². The molecule has 0 saturated carbocycles. The number of amides is 2. The average Bonchev–Trinajstić information content (AvgIpc) is 3.07. The maximum atomic E-state index is 13.0. The summed E-state index contributed by atoms with van der Waals surface area (Å²) in [7, 11) is 0. The van der Waals surface area contributed by atoms with Crippen molar-refractivity contribution in [2.24, 2.45) is 5.92 Å². The molecule has 2 amide bonds. The molecule has 1 saturated heterocycles. The van der Waals surface area contributed by atoms with Crippen molar-refractivity contribution in [1.82, 2.24) is 9.78 Å². The number of carbonyl (C=O) groups excluding carboxylic acids is 2. The number of rotatable bonds is 4. The highest BCUT2D eigenvalue weighted by Crippen LogP contribution is 2.39. The summed E-state index contributed by atoms with van der Waals surface area (Å²) in [6.45, 7) is 9.53. The van der Waals surface area contributed by atoms with E-state index in [9.17, 15) is 9.59 Å². The lowest BCUT2D eigenvalue weighted by atomic mass is 10.0. The van der Waals surface area contributed by atoms with Crippen LogP contribution in [-0.2, 0) is 14.3 Å². The number of nitrogens with zero attached hydrogens (tertiary/aromatic N) is 4. The molecule has 1 atom stereocenters. The molecule has 0 spiro atoms. The van der Waals surface area contributed by atoms with Crippen LogP contribution in [-0.4, -0.2) is 47.4 Å². The van der Waals surface area contributed by atoms with E-state index in [0.717, 1.165) is 22.5 Å². The number of aromatic nitrogens is 2. The smallest absolute Gasteiger partial charge is 0.227 e. The number of ether oxygens (including phenoxy) is 1. The Kier molecular flexibility index (Phi) is 5.17. The van der Waals surface area contributed by atoms with Crippen molar-refractivity contribution in [3.63, 3.8) is 0 Å². The fourth-order valence-corrected chi connectivity index (χ4v) is 4.04. The van der Waals surface area contributed by atoms with Crippen molar-refractivity contribution in [3.8, 4) is 11.1 Å². The maximum absolute atomic E-state index is 13.0. The third-order valence-electron chi connectivity index (χ3n) is 5.57. The Morgan fingerprint density at radius 3 is 2.59 bits per heavy atom. The Hall–Kier alpha value is -2.67. The van der Waals surface area contributed by atoms with Crippen molar-refractivity contribution < 1.29 is 14.3 Å². The average molecular weight is 396 g/mol. The van der Waals surface area contributed by atoms with Crippen molar-refractivity contribution in [2.75, 3.05) is 29.6 Å². The molecule has 2 aliphatic rings. The number of carbonyl (C=O) groups is 2. The van der Waals surface area contributed by atoms with Crippen LogP contribution >= 0.6 is 0 Å². The molecule has 1 unspecified atom stereocenters. The van der Waals surface area contributed by atoms with E-state index < -0.39 is 0 Å². The molecule has 7 heteroatoms. The van der Waals surface area contributed by atoms with Crippen molar-refractivity contribution >= 4 is 23.2 Å². The highest BCUT2D eigenvalue weighted by Gasteiger charge is 2.34. The van der Waals surface area contributed by atoms with Gasteiger partial charge in [0.15, 0.2) is 0 Å². The number of benzene rings is 1. The third-order valence-corrected chi connectivity index (χ3v) is 5.57. The van der Waals surface area contributed by atoms with E-state index in [1.165, 1.54) is 0 Å². The summed E-state index contributed by atoms with van der Waals surface area (Å²) in [5.41, 5.74) is 3.55. The molecule has 1 aromatic heterocycles. The van der Waals surface area contributed by atoms with Crippen LogP contribution in [0.25, 0.3) is 11.1 Å². The fourth-order valence-electron chi connectivity index (χ4n) is 4.04. The molecule has 1 fully saturated rings. The van der Waals surface area contributed by atoms with Crippen LogP contribution in [0.4, 0.5) is 11.4 Å². The fraction of sp³-hybridized carbons (Fsp3) is 0.500. The summed E-state index contributed by atoms with van der Waals surface area (Å²) in [5, 5.41) is 4.47. The first-order valence-electron chi connectivity index (χ1n) is 10.2. The molecule has 0 radical (unpaired) electrons. The molecular weight excluding hydrogens is 368 g/mol. The molecule has 4 rings (SSSR count). The first-order valence-corrected chi connectivity index (χ1v) is 10.2. The number of fused-ring (bicyclic) bond motifs is 1. The maximum Gasteiger partial charge on any atom is 0.227 e. The van der Waals surface area contributed by atoms with E-state index in [1.807, 2.05) is 60.9 Å². The zero-order chi connectivity index (χ0) is 20.7. The van der Waals surface area contributed by atoms with Gasteiger partial charge in [-0.1, -0.05) is 19.9 Å².